The first-order chi connectivity index (χ1) is 12.5. The molecule has 2 N–H and O–H groups in total. The lowest BCUT2D eigenvalue weighted by Crippen LogP contribution is -2.13. The van der Waals surface area contributed by atoms with Crippen molar-refractivity contribution in [1.82, 2.24) is 9.78 Å². The van der Waals surface area contributed by atoms with Gasteiger partial charge in [0.15, 0.2) is 5.82 Å². The Hall–Kier alpha value is -2.89. The fourth-order valence-electron chi connectivity index (χ4n) is 2.35. The Kier molecular flexibility index (Phi) is 7.14. The third kappa shape index (κ3) is 6.55. The summed E-state index contributed by atoms with van der Waals surface area (Å²) < 4.78 is 1.85. The van der Waals surface area contributed by atoms with Crippen LogP contribution in [-0.4, -0.2) is 21.6 Å². The predicted octanol–water partition coefficient (Wildman–Crippen LogP) is 3.63. The number of carbonyl (C=O) groups excluding carboxylic acids is 2. The first-order valence-corrected chi connectivity index (χ1v) is 8.82. The van der Waals surface area contributed by atoms with Gasteiger partial charge in [-0.1, -0.05) is 32.6 Å². The first kappa shape index (κ1) is 19.4. The Bertz CT molecular complexity index is 747. The van der Waals surface area contributed by atoms with Crippen LogP contribution in [0.4, 0.5) is 11.5 Å². The fourth-order valence-corrected chi connectivity index (χ4v) is 2.35. The maximum Gasteiger partial charge on any atom is 0.247 e. The van der Waals surface area contributed by atoms with E-state index in [0.717, 1.165) is 18.5 Å². The maximum absolute atomic E-state index is 12.1. The molecule has 1 heterocycles. The van der Waals surface area contributed by atoms with Gasteiger partial charge in [0.25, 0.3) is 0 Å². The summed E-state index contributed by atoms with van der Waals surface area (Å²) in [5.74, 6) is 0.892. The van der Waals surface area contributed by atoms with Crippen molar-refractivity contribution in [1.29, 1.82) is 0 Å². The van der Waals surface area contributed by atoms with Gasteiger partial charge in [-0.05, 0) is 42.5 Å². The van der Waals surface area contributed by atoms with Crippen LogP contribution in [0.15, 0.2) is 49.2 Å². The van der Waals surface area contributed by atoms with E-state index < -0.39 is 0 Å². The summed E-state index contributed by atoms with van der Waals surface area (Å²) in [6, 6.07) is 9.23. The Labute approximate surface area is 154 Å². The minimum atomic E-state index is -0.245. The molecule has 1 aromatic carbocycles. The number of carbonyl (C=O) groups is 2. The van der Waals surface area contributed by atoms with Gasteiger partial charge in [-0.3, -0.25) is 14.3 Å². The Morgan fingerprint density at radius 3 is 2.58 bits per heavy atom. The molecular weight excluding hydrogens is 328 g/mol. The third-order valence-corrected chi connectivity index (χ3v) is 3.89. The van der Waals surface area contributed by atoms with Crippen LogP contribution in [0.5, 0.6) is 0 Å². The molecule has 0 unspecified atom stereocenters. The minimum absolute atomic E-state index is 0.0665. The number of aromatic nitrogens is 2. The van der Waals surface area contributed by atoms with E-state index in [-0.39, 0.29) is 11.8 Å². The molecule has 0 atom stereocenters. The average Bonchev–Trinajstić information content (AvgIpc) is 3.06. The second kappa shape index (κ2) is 9.56. The molecule has 6 nitrogen and oxygen atoms in total. The quantitative estimate of drug-likeness (QED) is 0.675. The van der Waals surface area contributed by atoms with Crippen LogP contribution in [-0.2, 0) is 22.6 Å². The highest BCUT2D eigenvalue weighted by Crippen LogP contribution is 2.12. The fraction of sp³-hybridized carbons (Fsp3) is 0.350. The molecule has 0 aliphatic rings. The molecule has 0 saturated carbocycles. The van der Waals surface area contributed by atoms with Gasteiger partial charge in [0.2, 0.25) is 11.8 Å². The van der Waals surface area contributed by atoms with Crippen molar-refractivity contribution < 1.29 is 9.59 Å². The van der Waals surface area contributed by atoms with Crippen LogP contribution in [0.1, 0.15) is 32.3 Å². The average molecular weight is 354 g/mol. The molecule has 0 radical (unpaired) electrons. The van der Waals surface area contributed by atoms with Crippen molar-refractivity contribution in [3.8, 4) is 0 Å². The number of hydrogen-bond donors (Lipinski definition) is 2. The molecule has 0 saturated heterocycles. The Morgan fingerprint density at radius 2 is 1.92 bits per heavy atom. The molecular formula is C20H26N4O2. The van der Waals surface area contributed by atoms with Crippen molar-refractivity contribution >= 4 is 23.3 Å². The highest BCUT2D eigenvalue weighted by Gasteiger charge is 2.06. The summed E-state index contributed by atoms with van der Waals surface area (Å²) in [4.78, 5) is 23.3. The van der Waals surface area contributed by atoms with Gasteiger partial charge >= 0.3 is 0 Å². The molecule has 138 valence electrons. The SMILES string of the molecule is C=CC(=O)Nc1ccc(CCC(=O)Nc2ccn(CCC(C)C)n2)cc1. The lowest BCUT2D eigenvalue weighted by atomic mass is 10.1. The zero-order valence-corrected chi connectivity index (χ0v) is 15.4. The molecule has 2 rings (SSSR count). The molecule has 6 heteroatoms. The monoisotopic (exact) mass is 354 g/mol. The van der Waals surface area contributed by atoms with E-state index in [2.05, 4.69) is 36.2 Å². The number of nitrogens with zero attached hydrogens (tertiary/aromatic N) is 2. The molecule has 2 amide bonds. The smallest absolute Gasteiger partial charge is 0.247 e. The van der Waals surface area contributed by atoms with Gasteiger partial charge in [-0.15, -0.1) is 0 Å². The Balaban J connectivity index is 1.78. The summed E-state index contributed by atoms with van der Waals surface area (Å²) >= 11 is 0. The van der Waals surface area contributed by atoms with E-state index in [1.165, 1.54) is 6.08 Å². The van der Waals surface area contributed by atoms with Gasteiger partial charge in [0, 0.05) is 30.9 Å². The normalized spacial score (nSPS) is 10.6. The zero-order chi connectivity index (χ0) is 18.9. The number of hydrogen-bond acceptors (Lipinski definition) is 3. The van der Waals surface area contributed by atoms with Crippen LogP contribution in [0.2, 0.25) is 0 Å². The molecule has 0 aliphatic carbocycles. The van der Waals surface area contributed by atoms with E-state index in [4.69, 9.17) is 0 Å². The predicted molar refractivity (Wildman–Crippen MR) is 104 cm³/mol. The Morgan fingerprint density at radius 1 is 1.19 bits per heavy atom. The van der Waals surface area contributed by atoms with Gasteiger partial charge in [-0.25, -0.2) is 0 Å². The van der Waals surface area contributed by atoms with Gasteiger partial charge < -0.3 is 10.6 Å². The second-order valence-electron chi connectivity index (χ2n) is 6.59. The van der Waals surface area contributed by atoms with Gasteiger partial charge in [0.05, 0.1) is 0 Å². The minimum Gasteiger partial charge on any atom is -0.323 e. The van der Waals surface area contributed by atoms with E-state index in [1.807, 2.05) is 41.2 Å². The van der Waals surface area contributed by atoms with Crippen molar-refractivity contribution in [3.63, 3.8) is 0 Å². The van der Waals surface area contributed by atoms with Crippen LogP contribution < -0.4 is 10.6 Å². The second-order valence-corrected chi connectivity index (χ2v) is 6.59. The molecule has 26 heavy (non-hydrogen) atoms. The lowest BCUT2D eigenvalue weighted by Gasteiger charge is -2.06. The standard InChI is InChI=1S/C20H26N4O2/c1-4-19(25)21-17-8-5-16(6-9-17)7-10-20(26)22-18-12-14-24(23-18)13-11-15(2)3/h4-6,8-9,12,14-15H,1,7,10-11,13H2,2-3H3,(H,21,25)(H,22,23,26). The van der Waals surface area contributed by atoms with E-state index in [0.29, 0.717) is 30.3 Å². The molecule has 1 aromatic heterocycles. The van der Waals surface area contributed by atoms with E-state index in [9.17, 15) is 9.59 Å². The highest BCUT2D eigenvalue weighted by molar-refractivity contribution is 5.98. The molecule has 0 bridgehead atoms. The summed E-state index contributed by atoms with van der Waals surface area (Å²) in [6.45, 7) is 8.61. The number of aryl methyl sites for hydroxylation is 2. The number of anilines is 2. The number of rotatable bonds is 9. The summed E-state index contributed by atoms with van der Waals surface area (Å²) in [6.07, 6.45) is 5.15. The van der Waals surface area contributed by atoms with Crippen molar-refractivity contribution in [2.24, 2.45) is 5.92 Å². The van der Waals surface area contributed by atoms with Crippen LogP contribution in [0, 0.1) is 5.92 Å². The van der Waals surface area contributed by atoms with Crippen LogP contribution >= 0.6 is 0 Å². The van der Waals surface area contributed by atoms with Crippen molar-refractivity contribution in [2.75, 3.05) is 10.6 Å². The maximum atomic E-state index is 12.1. The zero-order valence-electron chi connectivity index (χ0n) is 15.4. The summed E-state index contributed by atoms with van der Waals surface area (Å²) in [5.41, 5.74) is 1.73. The summed E-state index contributed by atoms with van der Waals surface area (Å²) in [5, 5.41) is 9.88. The summed E-state index contributed by atoms with van der Waals surface area (Å²) in [7, 11) is 0. The van der Waals surface area contributed by atoms with E-state index >= 15 is 0 Å². The van der Waals surface area contributed by atoms with Gasteiger partial charge in [0.1, 0.15) is 0 Å². The van der Waals surface area contributed by atoms with Crippen molar-refractivity contribution in [3.05, 3.63) is 54.7 Å². The molecule has 0 fully saturated rings. The highest BCUT2D eigenvalue weighted by atomic mass is 16.2. The van der Waals surface area contributed by atoms with Crippen LogP contribution in [0.25, 0.3) is 0 Å². The van der Waals surface area contributed by atoms with Crippen LogP contribution in [0.3, 0.4) is 0 Å². The molecule has 0 spiro atoms. The third-order valence-electron chi connectivity index (χ3n) is 3.89. The van der Waals surface area contributed by atoms with Crippen molar-refractivity contribution in [2.45, 2.75) is 39.7 Å². The first-order valence-electron chi connectivity index (χ1n) is 8.82. The molecule has 0 aliphatic heterocycles. The largest absolute Gasteiger partial charge is 0.323 e. The van der Waals surface area contributed by atoms with E-state index in [1.54, 1.807) is 0 Å². The number of amides is 2. The number of benzene rings is 1. The topological polar surface area (TPSA) is 76.0 Å². The molecule has 2 aromatic rings. The number of nitrogens with one attached hydrogen (secondary N) is 2. The lowest BCUT2D eigenvalue weighted by molar-refractivity contribution is -0.116. The van der Waals surface area contributed by atoms with Gasteiger partial charge in [-0.2, -0.15) is 5.10 Å².